The van der Waals surface area contributed by atoms with Crippen LogP contribution in [0.3, 0.4) is 0 Å². The maximum Gasteiger partial charge on any atom is 0.334 e. The summed E-state index contributed by atoms with van der Waals surface area (Å²) in [6, 6.07) is 1.88. The summed E-state index contributed by atoms with van der Waals surface area (Å²) >= 11 is 11.1. The van der Waals surface area contributed by atoms with E-state index in [1.54, 1.807) is 0 Å². The summed E-state index contributed by atoms with van der Waals surface area (Å²) in [7, 11) is 0. The van der Waals surface area contributed by atoms with E-state index in [2.05, 4.69) is 5.32 Å². The highest BCUT2D eigenvalue weighted by Crippen LogP contribution is 2.24. The second kappa shape index (κ2) is 5.99. The fourth-order valence-corrected chi connectivity index (χ4v) is 1.54. The number of rotatable bonds is 4. The molecule has 1 aromatic carbocycles. The number of amides is 1. The Kier molecular flexibility index (Phi) is 4.89. The number of carboxylic acid groups (broad SMARTS) is 1. The van der Waals surface area contributed by atoms with Gasteiger partial charge in [-0.1, -0.05) is 23.2 Å². The van der Waals surface area contributed by atoms with E-state index in [1.807, 2.05) is 0 Å². The molecule has 0 bridgehead atoms. The van der Waals surface area contributed by atoms with E-state index in [9.17, 15) is 14.0 Å². The van der Waals surface area contributed by atoms with Gasteiger partial charge in [0.15, 0.2) is 6.10 Å². The lowest BCUT2D eigenvalue weighted by molar-refractivity contribution is -0.146. The van der Waals surface area contributed by atoms with Crippen molar-refractivity contribution in [3.63, 3.8) is 0 Å². The van der Waals surface area contributed by atoms with Gasteiger partial charge in [-0.05, 0) is 12.1 Å². The molecule has 5 nitrogen and oxygen atoms in total. The van der Waals surface area contributed by atoms with Gasteiger partial charge in [0.05, 0.1) is 22.2 Å². The zero-order valence-corrected chi connectivity index (χ0v) is 10.3. The van der Waals surface area contributed by atoms with Gasteiger partial charge < -0.3 is 15.5 Å². The van der Waals surface area contributed by atoms with Crippen LogP contribution in [0.25, 0.3) is 0 Å². The second-order valence-corrected chi connectivity index (χ2v) is 4.12. The molecule has 1 atom stereocenters. The van der Waals surface area contributed by atoms with Gasteiger partial charge in [0, 0.05) is 0 Å². The molecule has 0 aromatic heterocycles. The third-order valence-corrected chi connectivity index (χ3v) is 2.60. The number of carbonyl (C=O) groups is 2. The van der Waals surface area contributed by atoms with Crippen LogP contribution in [0.2, 0.25) is 10.0 Å². The summed E-state index contributed by atoms with van der Waals surface area (Å²) in [5, 5.41) is 19.1. The number of hydrogen-bond acceptors (Lipinski definition) is 3. The van der Waals surface area contributed by atoms with Gasteiger partial charge >= 0.3 is 5.97 Å². The first kappa shape index (κ1) is 14.7. The highest BCUT2D eigenvalue weighted by molar-refractivity contribution is 6.36. The summed E-state index contributed by atoms with van der Waals surface area (Å²) in [4.78, 5) is 21.9. The van der Waals surface area contributed by atoms with Crippen molar-refractivity contribution in [1.29, 1.82) is 0 Å². The first-order valence-electron chi connectivity index (χ1n) is 4.66. The maximum absolute atomic E-state index is 13.1. The summed E-state index contributed by atoms with van der Waals surface area (Å²) in [5.74, 6) is -3.12. The van der Waals surface area contributed by atoms with Crippen molar-refractivity contribution < 1.29 is 24.2 Å². The molecule has 0 aliphatic heterocycles. The van der Waals surface area contributed by atoms with Crippen molar-refractivity contribution in [3.05, 3.63) is 33.6 Å². The number of carboxylic acids is 1. The van der Waals surface area contributed by atoms with Gasteiger partial charge in [0.25, 0.3) is 5.91 Å². The Morgan fingerprint density at radius 1 is 1.33 bits per heavy atom. The van der Waals surface area contributed by atoms with Crippen molar-refractivity contribution >= 4 is 35.1 Å². The van der Waals surface area contributed by atoms with Crippen molar-refractivity contribution in [1.82, 2.24) is 5.32 Å². The number of hydrogen-bond donors (Lipinski definition) is 3. The zero-order chi connectivity index (χ0) is 13.9. The molecule has 0 fully saturated rings. The van der Waals surface area contributed by atoms with E-state index in [0.29, 0.717) is 0 Å². The van der Waals surface area contributed by atoms with Gasteiger partial charge in [0.2, 0.25) is 0 Å². The molecule has 0 saturated carbocycles. The molecule has 1 aromatic rings. The van der Waals surface area contributed by atoms with Gasteiger partial charge in [-0.15, -0.1) is 0 Å². The van der Waals surface area contributed by atoms with E-state index in [1.165, 1.54) is 0 Å². The van der Waals surface area contributed by atoms with Crippen molar-refractivity contribution in [2.24, 2.45) is 0 Å². The average Bonchev–Trinajstić information content (AvgIpc) is 2.30. The van der Waals surface area contributed by atoms with E-state index in [0.717, 1.165) is 12.1 Å². The van der Waals surface area contributed by atoms with Crippen molar-refractivity contribution in [2.75, 3.05) is 6.54 Å². The minimum Gasteiger partial charge on any atom is -0.479 e. The highest BCUT2D eigenvalue weighted by Gasteiger charge is 2.17. The predicted molar refractivity (Wildman–Crippen MR) is 62.4 cm³/mol. The number of nitrogens with one attached hydrogen (secondary N) is 1. The monoisotopic (exact) mass is 295 g/mol. The number of aliphatic hydroxyl groups excluding tert-OH is 1. The van der Waals surface area contributed by atoms with E-state index in [4.69, 9.17) is 33.4 Å². The molecule has 1 rings (SSSR count). The normalized spacial score (nSPS) is 12.0. The van der Waals surface area contributed by atoms with Crippen LogP contribution in [0.5, 0.6) is 0 Å². The molecule has 1 amide bonds. The molecule has 0 aliphatic rings. The molecule has 0 heterocycles. The number of carbonyl (C=O) groups excluding carboxylic acids is 1. The van der Waals surface area contributed by atoms with Crippen molar-refractivity contribution in [2.45, 2.75) is 6.10 Å². The zero-order valence-electron chi connectivity index (χ0n) is 8.78. The van der Waals surface area contributed by atoms with Crippen LogP contribution in [-0.4, -0.2) is 34.7 Å². The Labute approximate surface area is 111 Å². The molecule has 98 valence electrons. The smallest absolute Gasteiger partial charge is 0.334 e. The van der Waals surface area contributed by atoms with Gasteiger partial charge in [-0.25, -0.2) is 9.18 Å². The van der Waals surface area contributed by atoms with Gasteiger partial charge in [-0.2, -0.15) is 0 Å². The summed E-state index contributed by atoms with van der Waals surface area (Å²) in [6.45, 7) is -0.519. The number of benzene rings is 1. The summed E-state index contributed by atoms with van der Waals surface area (Å²) in [5.41, 5.74) is -0.198. The van der Waals surface area contributed by atoms with Crippen molar-refractivity contribution in [3.8, 4) is 0 Å². The Morgan fingerprint density at radius 3 is 2.50 bits per heavy atom. The summed E-state index contributed by atoms with van der Waals surface area (Å²) in [6.07, 6.45) is -1.75. The molecular formula is C10H8Cl2FNO4. The Balaban J connectivity index is 2.79. The Bertz CT molecular complexity index is 495. The van der Waals surface area contributed by atoms with E-state index < -0.39 is 30.3 Å². The molecule has 8 heteroatoms. The molecule has 0 radical (unpaired) electrons. The van der Waals surface area contributed by atoms with E-state index >= 15 is 0 Å². The third-order valence-electron chi connectivity index (χ3n) is 2.00. The number of halogens is 3. The number of aliphatic carboxylic acids is 1. The van der Waals surface area contributed by atoms with Crippen LogP contribution in [0.15, 0.2) is 12.1 Å². The molecule has 18 heavy (non-hydrogen) atoms. The Hall–Kier alpha value is -1.37. The molecule has 0 aliphatic carbocycles. The van der Waals surface area contributed by atoms with Crippen LogP contribution in [0.4, 0.5) is 4.39 Å². The lowest BCUT2D eigenvalue weighted by Crippen LogP contribution is -2.36. The average molecular weight is 296 g/mol. The highest BCUT2D eigenvalue weighted by atomic mass is 35.5. The fourth-order valence-electron chi connectivity index (χ4n) is 1.07. The SMILES string of the molecule is O=C(NCC(O)C(=O)O)c1cc(F)c(Cl)cc1Cl. The molecule has 0 spiro atoms. The minimum absolute atomic E-state index is 0.0799. The van der Waals surface area contributed by atoms with Crippen LogP contribution in [0.1, 0.15) is 10.4 Å². The fraction of sp³-hybridized carbons (Fsp3) is 0.200. The lowest BCUT2D eigenvalue weighted by atomic mass is 10.2. The Morgan fingerprint density at radius 2 is 1.94 bits per heavy atom. The van der Waals surface area contributed by atoms with Crippen LogP contribution < -0.4 is 5.32 Å². The molecular weight excluding hydrogens is 288 g/mol. The predicted octanol–water partition coefficient (Wildman–Crippen LogP) is 1.31. The minimum atomic E-state index is -1.75. The largest absolute Gasteiger partial charge is 0.479 e. The second-order valence-electron chi connectivity index (χ2n) is 3.31. The topological polar surface area (TPSA) is 86.6 Å². The standard InChI is InChI=1S/C10H8Cl2FNO4/c11-5-2-6(12)7(13)1-4(5)9(16)14-3-8(15)10(17)18/h1-2,8,15H,3H2,(H,14,16)(H,17,18). The molecule has 1 unspecified atom stereocenters. The van der Waals surface area contributed by atoms with Crippen LogP contribution in [0, 0.1) is 5.82 Å². The maximum atomic E-state index is 13.1. The van der Waals surface area contributed by atoms with Gasteiger partial charge in [-0.3, -0.25) is 4.79 Å². The van der Waals surface area contributed by atoms with Crippen LogP contribution >= 0.6 is 23.2 Å². The quantitative estimate of drug-likeness (QED) is 0.731. The molecule has 3 N–H and O–H groups in total. The summed E-state index contributed by atoms with van der Waals surface area (Å²) < 4.78 is 13.1. The van der Waals surface area contributed by atoms with E-state index in [-0.39, 0.29) is 15.6 Å². The lowest BCUT2D eigenvalue weighted by Gasteiger charge is -2.09. The van der Waals surface area contributed by atoms with Gasteiger partial charge in [0.1, 0.15) is 5.82 Å². The molecule has 0 saturated heterocycles. The number of aliphatic hydroxyl groups is 1. The van der Waals surface area contributed by atoms with Crippen LogP contribution in [-0.2, 0) is 4.79 Å². The first-order chi connectivity index (χ1) is 8.32. The first-order valence-corrected chi connectivity index (χ1v) is 5.42. The third kappa shape index (κ3) is 3.56.